The second kappa shape index (κ2) is 21.3. The van der Waals surface area contributed by atoms with E-state index >= 15 is 0 Å². The number of rotatable bonds is 15. The Labute approximate surface area is 318 Å². The molecule has 9 nitrogen and oxygen atoms in total. The molecular formula is C41H50Cl2N4O5. The zero-order chi connectivity index (χ0) is 37.3. The van der Waals surface area contributed by atoms with Crippen LogP contribution in [0, 0.1) is 0 Å². The summed E-state index contributed by atoms with van der Waals surface area (Å²) in [5.41, 5.74) is 2.40. The van der Waals surface area contributed by atoms with Gasteiger partial charge in [0.15, 0.2) is 0 Å². The summed E-state index contributed by atoms with van der Waals surface area (Å²) >= 11 is 12.4. The average Bonchev–Trinajstić information content (AvgIpc) is 3.13. The van der Waals surface area contributed by atoms with Crippen LogP contribution in [0.3, 0.4) is 0 Å². The summed E-state index contributed by atoms with van der Waals surface area (Å²) in [4.78, 5) is 29.3. The van der Waals surface area contributed by atoms with E-state index in [0.29, 0.717) is 52.4 Å². The van der Waals surface area contributed by atoms with Gasteiger partial charge in [0, 0.05) is 56.9 Å². The molecule has 0 radical (unpaired) electrons. The van der Waals surface area contributed by atoms with Crippen molar-refractivity contribution in [3.8, 4) is 17.2 Å². The van der Waals surface area contributed by atoms with E-state index in [4.69, 9.17) is 37.4 Å². The molecule has 4 aromatic carbocycles. The van der Waals surface area contributed by atoms with Gasteiger partial charge >= 0.3 is 0 Å². The predicted molar refractivity (Wildman–Crippen MR) is 209 cm³/mol. The molecule has 0 saturated carbocycles. The zero-order valence-electron chi connectivity index (χ0n) is 30.4. The first-order valence-corrected chi connectivity index (χ1v) is 18.5. The van der Waals surface area contributed by atoms with Crippen molar-refractivity contribution in [1.82, 2.24) is 20.4 Å². The molecule has 2 amide bonds. The molecule has 1 heterocycles. The maximum Gasteiger partial charge on any atom is 0.251 e. The number of nitrogens with one attached hydrogen (secondary N) is 2. The van der Waals surface area contributed by atoms with E-state index in [0.717, 1.165) is 45.0 Å². The van der Waals surface area contributed by atoms with Crippen LogP contribution in [0.1, 0.15) is 54.0 Å². The van der Waals surface area contributed by atoms with Crippen molar-refractivity contribution >= 4 is 35.0 Å². The fourth-order valence-electron chi connectivity index (χ4n) is 5.38. The Morgan fingerprint density at radius 1 is 0.654 bits per heavy atom. The molecule has 1 saturated heterocycles. The fraction of sp³-hybridized carbons (Fsp3) is 0.366. The Bertz CT molecular complexity index is 1680. The average molecular weight is 750 g/mol. The molecule has 1 fully saturated rings. The van der Waals surface area contributed by atoms with Crippen molar-refractivity contribution in [2.75, 3.05) is 52.4 Å². The SMILES string of the molecule is CC(C)Oc1ccc(C(=O)NCCN2CCN(Cc3ccccc3)CC2)cc1Cl.CC(C)Oc1ccc(C(=O)NCCOc2ccccc2)cc1Cl. The summed E-state index contributed by atoms with van der Waals surface area (Å²) in [6.45, 7) is 15.2. The molecule has 52 heavy (non-hydrogen) atoms. The zero-order valence-corrected chi connectivity index (χ0v) is 32.0. The lowest BCUT2D eigenvalue weighted by Gasteiger charge is -2.34. The predicted octanol–water partition coefficient (Wildman–Crippen LogP) is 7.61. The molecule has 1 aliphatic rings. The van der Waals surface area contributed by atoms with Crippen LogP contribution in [-0.2, 0) is 6.54 Å². The van der Waals surface area contributed by atoms with Gasteiger partial charge in [-0.15, -0.1) is 0 Å². The standard InChI is InChI=1S/C23H30ClN3O2.C18H20ClNO3/c1-18(2)29-22-9-8-20(16-21(22)24)23(28)25-10-11-26-12-14-27(15-13-26)17-19-6-4-3-5-7-19;1-13(2)23-17-9-8-14(12-16(17)19)18(21)20-10-11-22-15-6-4-3-5-7-15/h3-9,16,18H,10-15,17H2,1-2H3,(H,25,28);3-9,12-13H,10-11H2,1-2H3,(H,20,21). The minimum atomic E-state index is -0.195. The molecular weight excluding hydrogens is 699 g/mol. The van der Waals surface area contributed by atoms with Crippen LogP contribution in [0.15, 0.2) is 97.1 Å². The van der Waals surface area contributed by atoms with E-state index < -0.39 is 0 Å². The van der Waals surface area contributed by atoms with Gasteiger partial charge in [0.1, 0.15) is 23.9 Å². The van der Waals surface area contributed by atoms with Gasteiger partial charge < -0.3 is 24.8 Å². The smallest absolute Gasteiger partial charge is 0.251 e. The van der Waals surface area contributed by atoms with Crippen molar-refractivity contribution in [2.24, 2.45) is 0 Å². The molecule has 0 aliphatic carbocycles. The van der Waals surface area contributed by atoms with Crippen LogP contribution >= 0.6 is 23.2 Å². The Balaban J connectivity index is 0.000000239. The summed E-state index contributed by atoms with van der Waals surface area (Å²) in [6.07, 6.45) is 0.0719. The number of piperazine rings is 1. The van der Waals surface area contributed by atoms with Crippen LogP contribution in [0.5, 0.6) is 17.2 Å². The quantitative estimate of drug-likeness (QED) is 0.121. The minimum absolute atomic E-state index is 0.0299. The highest BCUT2D eigenvalue weighted by molar-refractivity contribution is 6.32. The summed E-state index contributed by atoms with van der Waals surface area (Å²) in [6, 6.07) is 30.2. The number of amides is 2. The largest absolute Gasteiger partial charge is 0.492 e. The second-order valence-electron chi connectivity index (χ2n) is 12.9. The Hall–Kier alpha value is -4.28. The van der Waals surface area contributed by atoms with Crippen molar-refractivity contribution < 1.29 is 23.8 Å². The molecule has 0 aromatic heterocycles. The monoisotopic (exact) mass is 748 g/mol. The van der Waals surface area contributed by atoms with Gasteiger partial charge in [0.05, 0.1) is 28.8 Å². The number of ether oxygens (including phenoxy) is 3. The number of nitrogens with zero attached hydrogens (tertiary/aromatic N) is 2. The topological polar surface area (TPSA) is 92.4 Å². The number of benzene rings is 4. The maximum absolute atomic E-state index is 12.4. The first-order valence-electron chi connectivity index (χ1n) is 17.7. The highest BCUT2D eigenvalue weighted by atomic mass is 35.5. The van der Waals surface area contributed by atoms with Gasteiger partial charge in [0.2, 0.25) is 0 Å². The second-order valence-corrected chi connectivity index (χ2v) is 13.7. The highest BCUT2D eigenvalue weighted by Gasteiger charge is 2.17. The van der Waals surface area contributed by atoms with Crippen LogP contribution in [0.4, 0.5) is 0 Å². The van der Waals surface area contributed by atoms with Crippen LogP contribution < -0.4 is 24.8 Å². The van der Waals surface area contributed by atoms with Crippen molar-refractivity contribution in [3.63, 3.8) is 0 Å². The van der Waals surface area contributed by atoms with Gasteiger partial charge in [0.25, 0.3) is 11.8 Å². The molecule has 0 spiro atoms. The van der Waals surface area contributed by atoms with E-state index in [-0.39, 0.29) is 24.0 Å². The lowest BCUT2D eigenvalue weighted by atomic mass is 10.2. The van der Waals surface area contributed by atoms with Crippen molar-refractivity contribution in [1.29, 1.82) is 0 Å². The summed E-state index contributed by atoms with van der Waals surface area (Å²) in [5, 5.41) is 6.67. The molecule has 0 atom stereocenters. The number of hydrogen-bond donors (Lipinski definition) is 2. The van der Waals surface area contributed by atoms with E-state index in [1.165, 1.54) is 5.56 Å². The Morgan fingerprint density at radius 2 is 1.13 bits per heavy atom. The number of carbonyl (C=O) groups excluding carboxylic acids is 2. The van der Waals surface area contributed by atoms with Crippen LogP contribution in [-0.4, -0.2) is 86.2 Å². The van der Waals surface area contributed by atoms with Gasteiger partial charge in [-0.2, -0.15) is 0 Å². The molecule has 0 unspecified atom stereocenters. The number of carbonyl (C=O) groups is 2. The third-order valence-electron chi connectivity index (χ3n) is 7.94. The van der Waals surface area contributed by atoms with E-state index in [9.17, 15) is 9.59 Å². The number of hydrogen-bond acceptors (Lipinski definition) is 7. The molecule has 0 bridgehead atoms. The van der Waals surface area contributed by atoms with Crippen LogP contribution in [0.2, 0.25) is 10.0 Å². The van der Waals surface area contributed by atoms with Crippen molar-refractivity contribution in [2.45, 2.75) is 46.4 Å². The van der Waals surface area contributed by atoms with Gasteiger partial charge in [-0.05, 0) is 81.8 Å². The van der Waals surface area contributed by atoms with Gasteiger partial charge in [-0.1, -0.05) is 71.7 Å². The van der Waals surface area contributed by atoms with E-state index in [1.54, 1.807) is 36.4 Å². The molecule has 2 N–H and O–H groups in total. The molecule has 278 valence electrons. The van der Waals surface area contributed by atoms with E-state index in [2.05, 4.69) is 50.8 Å². The maximum atomic E-state index is 12.4. The summed E-state index contributed by atoms with van der Waals surface area (Å²) in [5.74, 6) is 1.66. The van der Waals surface area contributed by atoms with Crippen molar-refractivity contribution in [3.05, 3.63) is 124 Å². The Morgan fingerprint density at radius 3 is 1.63 bits per heavy atom. The first-order chi connectivity index (χ1) is 25.1. The lowest BCUT2D eigenvalue weighted by Crippen LogP contribution is -2.48. The summed E-state index contributed by atoms with van der Waals surface area (Å²) < 4.78 is 16.7. The highest BCUT2D eigenvalue weighted by Crippen LogP contribution is 2.27. The number of para-hydroxylation sites is 1. The third-order valence-corrected chi connectivity index (χ3v) is 8.53. The molecule has 4 aromatic rings. The third kappa shape index (κ3) is 14.0. The normalized spacial score (nSPS) is 13.2. The molecule has 1 aliphatic heterocycles. The Kier molecular flexibility index (Phi) is 16.6. The first kappa shape index (κ1) is 40.5. The van der Waals surface area contributed by atoms with Gasteiger partial charge in [-0.3, -0.25) is 19.4 Å². The van der Waals surface area contributed by atoms with E-state index in [1.807, 2.05) is 58.0 Å². The van der Waals surface area contributed by atoms with Gasteiger partial charge in [-0.25, -0.2) is 0 Å². The number of halogens is 2. The lowest BCUT2D eigenvalue weighted by molar-refractivity contribution is 0.0930. The fourth-order valence-corrected chi connectivity index (χ4v) is 5.83. The molecule has 11 heteroatoms. The minimum Gasteiger partial charge on any atom is -0.492 e. The molecule has 5 rings (SSSR count). The van der Waals surface area contributed by atoms with Crippen LogP contribution in [0.25, 0.3) is 0 Å². The summed E-state index contributed by atoms with van der Waals surface area (Å²) in [7, 11) is 0.